The lowest BCUT2D eigenvalue weighted by Gasteiger charge is -2.36. The predicted molar refractivity (Wildman–Crippen MR) is 68.8 cm³/mol. The van der Waals surface area contributed by atoms with Gasteiger partial charge in [-0.1, -0.05) is 26.2 Å². The van der Waals surface area contributed by atoms with Crippen molar-refractivity contribution in [3.05, 3.63) is 0 Å². The van der Waals surface area contributed by atoms with Crippen LogP contribution >= 0.6 is 11.8 Å². The van der Waals surface area contributed by atoms with Crippen LogP contribution in [-0.2, 0) is 4.74 Å². The zero-order valence-electron chi connectivity index (χ0n) is 10.2. The van der Waals surface area contributed by atoms with Crippen LogP contribution in [0.3, 0.4) is 0 Å². The molecular formula is C13H24O2S. The fourth-order valence-electron chi connectivity index (χ4n) is 2.94. The van der Waals surface area contributed by atoms with Gasteiger partial charge in [-0.05, 0) is 24.7 Å². The summed E-state index contributed by atoms with van der Waals surface area (Å²) in [5, 5.41) is 10.3. The third kappa shape index (κ3) is 3.14. The Balaban J connectivity index is 1.78. The highest BCUT2D eigenvalue weighted by atomic mass is 32.2. The van der Waals surface area contributed by atoms with E-state index in [0.717, 1.165) is 24.0 Å². The van der Waals surface area contributed by atoms with E-state index < -0.39 is 0 Å². The molecule has 0 aromatic carbocycles. The van der Waals surface area contributed by atoms with Crippen LogP contribution in [0.4, 0.5) is 0 Å². The van der Waals surface area contributed by atoms with Crippen molar-refractivity contribution in [1.82, 2.24) is 0 Å². The number of aliphatic hydroxyl groups excluding tert-OH is 1. The molecule has 94 valence electrons. The molecule has 0 bridgehead atoms. The van der Waals surface area contributed by atoms with E-state index in [2.05, 4.69) is 6.92 Å². The maximum absolute atomic E-state index is 10.3. The Morgan fingerprint density at radius 3 is 2.62 bits per heavy atom. The first-order valence-electron chi connectivity index (χ1n) is 6.68. The Kier molecular flexibility index (Phi) is 4.98. The Morgan fingerprint density at radius 2 is 2.06 bits per heavy atom. The monoisotopic (exact) mass is 244 g/mol. The molecule has 0 aromatic heterocycles. The lowest BCUT2D eigenvalue weighted by Crippen LogP contribution is -2.41. The van der Waals surface area contributed by atoms with Gasteiger partial charge in [0.15, 0.2) is 0 Å². The van der Waals surface area contributed by atoms with E-state index in [9.17, 15) is 5.11 Å². The molecule has 1 N–H and O–H groups in total. The molecule has 2 unspecified atom stereocenters. The molecular weight excluding hydrogens is 220 g/mol. The Hall–Kier alpha value is 0.270. The third-order valence-corrected chi connectivity index (χ3v) is 5.19. The number of ether oxygens (including phenoxy) is 1. The number of hydrogen-bond acceptors (Lipinski definition) is 3. The molecule has 2 nitrogen and oxygen atoms in total. The summed E-state index contributed by atoms with van der Waals surface area (Å²) in [4.78, 5) is 0. The minimum atomic E-state index is -0.217. The minimum absolute atomic E-state index is 0.0990. The van der Waals surface area contributed by atoms with Crippen LogP contribution in [0.2, 0.25) is 0 Å². The smallest absolute Gasteiger partial charge is 0.0927 e. The molecule has 2 fully saturated rings. The molecule has 0 radical (unpaired) electrons. The van der Waals surface area contributed by atoms with Crippen LogP contribution in [0.5, 0.6) is 0 Å². The maximum Gasteiger partial charge on any atom is 0.0927 e. The van der Waals surface area contributed by atoms with Gasteiger partial charge < -0.3 is 9.84 Å². The quantitative estimate of drug-likeness (QED) is 0.827. The van der Waals surface area contributed by atoms with E-state index in [1.807, 2.05) is 11.8 Å². The standard InChI is InChI=1S/C13H24O2S/c1-2-10-3-5-11(6-4-10)13(14)12-9-16-8-7-15-12/h10-14H,2-9H2,1H3. The Morgan fingerprint density at radius 1 is 1.31 bits per heavy atom. The van der Waals surface area contributed by atoms with Gasteiger partial charge in [-0.2, -0.15) is 11.8 Å². The zero-order valence-corrected chi connectivity index (χ0v) is 11.0. The molecule has 2 rings (SSSR count). The highest BCUT2D eigenvalue weighted by Gasteiger charge is 2.32. The Bertz CT molecular complexity index is 196. The summed E-state index contributed by atoms with van der Waals surface area (Å²) in [6.45, 7) is 3.10. The van der Waals surface area contributed by atoms with E-state index in [4.69, 9.17) is 4.74 Å². The molecule has 2 aliphatic rings. The van der Waals surface area contributed by atoms with E-state index in [0.29, 0.717) is 5.92 Å². The molecule has 1 aliphatic heterocycles. The summed E-state index contributed by atoms with van der Waals surface area (Å²) in [5.74, 6) is 3.47. The van der Waals surface area contributed by atoms with E-state index in [1.54, 1.807) is 0 Å². The van der Waals surface area contributed by atoms with Gasteiger partial charge in [-0.15, -0.1) is 0 Å². The van der Waals surface area contributed by atoms with Crippen molar-refractivity contribution < 1.29 is 9.84 Å². The third-order valence-electron chi connectivity index (χ3n) is 4.17. The van der Waals surface area contributed by atoms with Gasteiger partial charge in [0.2, 0.25) is 0 Å². The summed E-state index contributed by atoms with van der Waals surface area (Å²) in [7, 11) is 0. The topological polar surface area (TPSA) is 29.5 Å². The summed E-state index contributed by atoms with van der Waals surface area (Å²) < 4.78 is 5.68. The van der Waals surface area contributed by atoms with Gasteiger partial charge in [-0.3, -0.25) is 0 Å². The average Bonchev–Trinajstić information content (AvgIpc) is 2.39. The second kappa shape index (κ2) is 6.27. The number of hydrogen-bond donors (Lipinski definition) is 1. The first kappa shape index (κ1) is 12.7. The van der Waals surface area contributed by atoms with Crippen molar-refractivity contribution in [2.24, 2.45) is 11.8 Å². The van der Waals surface area contributed by atoms with Crippen molar-refractivity contribution in [2.75, 3.05) is 18.1 Å². The fraction of sp³-hybridized carbons (Fsp3) is 1.00. The predicted octanol–water partition coefficient (Wildman–Crippen LogP) is 2.70. The molecule has 1 saturated carbocycles. The van der Waals surface area contributed by atoms with E-state index in [-0.39, 0.29) is 12.2 Å². The van der Waals surface area contributed by atoms with Gasteiger partial charge >= 0.3 is 0 Å². The number of thioether (sulfide) groups is 1. The zero-order chi connectivity index (χ0) is 11.4. The maximum atomic E-state index is 10.3. The van der Waals surface area contributed by atoms with Crippen molar-refractivity contribution in [3.63, 3.8) is 0 Å². The molecule has 3 heteroatoms. The van der Waals surface area contributed by atoms with Crippen molar-refractivity contribution in [1.29, 1.82) is 0 Å². The lowest BCUT2D eigenvalue weighted by atomic mass is 9.77. The lowest BCUT2D eigenvalue weighted by molar-refractivity contribution is -0.0578. The Labute approximate surface area is 103 Å². The van der Waals surface area contributed by atoms with Gasteiger partial charge in [-0.25, -0.2) is 0 Å². The van der Waals surface area contributed by atoms with Crippen molar-refractivity contribution in [3.8, 4) is 0 Å². The molecule has 16 heavy (non-hydrogen) atoms. The molecule has 0 amide bonds. The minimum Gasteiger partial charge on any atom is -0.390 e. The first-order chi connectivity index (χ1) is 7.81. The second-order valence-corrected chi connectivity index (χ2v) is 6.31. The van der Waals surface area contributed by atoms with Crippen LogP contribution in [0.15, 0.2) is 0 Å². The molecule has 1 saturated heterocycles. The molecule has 1 aliphatic carbocycles. The normalized spacial score (nSPS) is 38.2. The summed E-state index contributed by atoms with van der Waals surface area (Å²) in [6, 6.07) is 0. The van der Waals surface area contributed by atoms with Crippen LogP contribution in [0.25, 0.3) is 0 Å². The van der Waals surface area contributed by atoms with Crippen LogP contribution < -0.4 is 0 Å². The fourth-order valence-corrected chi connectivity index (χ4v) is 3.85. The van der Waals surface area contributed by atoms with Gasteiger partial charge in [0.05, 0.1) is 18.8 Å². The molecule has 0 spiro atoms. The molecule has 0 aromatic rings. The van der Waals surface area contributed by atoms with Gasteiger partial charge in [0.1, 0.15) is 0 Å². The van der Waals surface area contributed by atoms with Crippen LogP contribution in [-0.4, -0.2) is 35.4 Å². The largest absolute Gasteiger partial charge is 0.390 e. The van der Waals surface area contributed by atoms with E-state index in [1.165, 1.54) is 32.1 Å². The number of rotatable bonds is 3. The number of aliphatic hydroxyl groups is 1. The highest BCUT2D eigenvalue weighted by Crippen LogP contribution is 2.34. The second-order valence-electron chi connectivity index (χ2n) is 5.16. The summed E-state index contributed by atoms with van der Waals surface area (Å²) in [5.41, 5.74) is 0. The SMILES string of the molecule is CCC1CCC(C(O)C2CSCCO2)CC1. The highest BCUT2D eigenvalue weighted by molar-refractivity contribution is 7.99. The van der Waals surface area contributed by atoms with Crippen LogP contribution in [0, 0.1) is 11.8 Å². The average molecular weight is 244 g/mol. The van der Waals surface area contributed by atoms with Gasteiger partial charge in [0, 0.05) is 11.5 Å². The summed E-state index contributed by atoms with van der Waals surface area (Å²) >= 11 is 1.92. The molecule has 1 heterocycles. The van der Waals surface area contributed by atoms with Crippen molar-refractivity contribution in [2.45, 2.75) is 51.2 Å². The summed E-state index contributed by atoms with van der Waals surface area (Å²) in [6.07, 6.45) is 6.19. The van der Waals surface area contributed by atoms with Gasteiger partial charge in [0.25, 0.3) is 0 Å². The molecule has 2 atom stereocenters. The van der Waals surface area contributed by atoms with Crippen LogP contribution in [0.1, 0.15) is 39.0 Å². The van der Waals surface area contributed by atoms with E-state index >= 15 is 0 Å². The van der Waals surface area contributed by atoms with Crippen molar-refractivity contribution >= 4 is 11.8 Å². The first-order valence-corrected chi connectivity index (χ1v) is 7.84.